The van der Waals surface area contributed by atoms with Crippen LogP contribution in [0.3, 0.4) is 0 Å². The van der Waals surface area contributed by atoms with Crippen LogP contribution in [0.2, 0.25) is 0 Å². The number of aromatic nitrogens is 5. The predicted molar refractivity (Wildman–Crippen MR) is 86.1 cm³/mol. The van der Waals surface area contributed by atoms with Crippen molar-refractivity contribution in [3.05, 3.63) is 29.3 Å². The van der Waals surface area contributed by atoms with Crippen LogP contribution >= 0.6 is 11.3 Å². The average Bonchev–Trinajstić information content (AvgIpc) is 3.14. The van der Waals surface area contributed by atoms with Gasteiger partial charge in [-0.15, -0.1) is 15.3 Å². The minimum Gasteiger partial charge on any atom is -0.377 e. The first kappa shape index (κ1) is 15.5. The van der Waals surface area contributed by atoms with Crippen molar-refractivity contribution in [2.75, 3.05) is 12.4 Å². The third-order valence-corrected chi connectivity index (χ3v) is 4.07. The zero-order chi connectivity index (χ0) is 16.2. The number of nitrogens with zero attached hydrogens (tertiary/aromatic N) is 5. The van der Waals surface area contributed by atoms with Gasteiger partial charge in [0.1, 0.15) is 17.1 Å². The third-order valence-electron chi connectivity index (χ3n) is 3.26. The molecule has 8 nitrogen and oxygen atoms in total. The number of nitrogens with one attached hydrogen (secondary N) is 1. The van der Waals surface area contributed by atoms with E-state index in [0.717, 1.165) is 16.0 Å². The van der Waals surface area contributed by atoms with Crippen LogP contribution in [0.5, 0.6) is 0 Å². The van der Waals surface area contributed by atoms with Gasteiger partial charge in [-0.05, 0) is 19.1 Å². The molecule has 2 heterocycles. The summed E-state index contributed by atoms with van der Waals surface area (Å²) in [6, 6.07) is 7.54. The number of hydrogen-bond acceptors (Lipinski definition) is 7. The van der Waals surface area contributed by atoms with Gasteiger partial charge < -0.3 is 10.1 Å². The standard InChI is InChI=1S/C14H16N6O2S/c1-9(20-11-6-4-3-5-10(11)16-19-20)7-12(21)15-14-18-17-13(23-14)8-22-2/h3-6,9H,7-8H2,1-2H3,(H,15,18,21). The Morgan fingerprint density at radius 1 is 1.35 bits per heavy atom. The van der Waals surface area contributed by atoms with Gasteiger partial charge in [-0.25, -0.2) is 4.68 Å². The summed E-state index contributed by atoms with van der Waals surface area (Å²) in [4.78, 5) is 12.2. The van der Waals surface area contributed by atoms with E-state index in [1.165, 1.54) is 11.3 Å². The number of amides is 1. The summed E-state index contributed by atoms with van der Waals surface area (Å²) in [5.41, 5.74) is 1.72. The summed E-state index contributed by atoms with van der Waals surface area (Å²) in [6.07, 6.45) is 0.270. The Balaban J connectivity index is 1.64. The molecule has 3 rings (SSSR count). The average molecular weight is 332 g/mol. The quantitative estimate of drug-likeness (QED) is 0.742. The molecular formula is C14H16N6O2S. The van der Waals surface area contributed by atoms with Crippen LogP contribution in [0.15, 0.2) is 24.3 Å². The highest BCUT2D eigenvalue weighted by Crippen LogP contribution is 2.20. The largest absolute Gasteiger partial charge is 0.377 e. The lowest BCUT2D eigenvalue weighted by molar-refractivity contribution is -0.116. The van der Waals surface area contributed by atoms with Gasteiger partial charge in [-0.3, -0.25) is 4.79 Å². The second-order valence-corrected chi connectivity index (χ2v) is 6.12. The molecule has 9 heteroatoms. The van der Waals surface area contributed by atoms with Gasteiger partial charge in [0.05, 0.1) is 11.6 Å². The topological polar surface area (TPSA) is 94.8 Å². The molecule has 0 spiro atoms. The van der Waals surface area contributed by atoms with Crippen molar-refractivity contribution < 1.29 is 9.53 Å². The zero-order valence-electron chi connectivity index (χ0n) is 12.8. The van der Waals surface area contributed by atoms with Gasteiger partial charge in [-0.1, -0.05) is 28.7 Å². The first-order valence-corrected chi connectivity index (χ1v) is 7.90. The molecule has 0 bridgehead atoms. The number of fused-ring (bicyclic) bond motifs is 1. The maximum absolute atomic E-state index is 12.2. The highest BCUT2D eigenvalue weighted by atomic mass is 32.1. The number of carbonyl (C=O) groups is 1. The van der Waals surface area contributed by atoms with Gasteiger partial charge in [0.25, 0.3) is 0 Å². The Bertz CT molecular complexity index is 814. The van der Waals surface area contributed by atoms with E-state index in [9.17, 15) is 4.79 Å². The number of carbonyl (C=O) groups excluding carboxylic acids is 1. The number of ether oxygens (including phenoxy) is 1. The van der Waals surface area contributed by atoms with E-state index in [4.69, 9.17) is 4.74 Å². The first-order chi connectivity index (χ1) is 11.2. The molecule has 0 saturated heterocycles. The fourth-order valence-electron chi connectivity index (χ4n) is 2.22. The highest BCUT2D eigenvalue weighted by Gasteiger charge is 2.16. The van der Waals surface area contributed by atoms with Crippen LogP contribution in [0.25, 0.3) is 11.0 Å². The van der Waals surface area contributed by atoms with Crippen LogP contribution < -0.4 is 5.32 Å². The molecular weight excluding hydrogens is 316 g/mol. The van der Waals surface area contributed by atoms with Gasteiger partial charge in [0, 0.05) is 13.5 Å². The van der Waals surface area contributed by atoms with Gasteiger partial charge in [0.15, 0.2) is 0 Å². The lowest BCUT2D eigenvalue weighted by Gasteiger charge is -2.11. The van der Waals surface area contributed by atoms with E-state index in [1.807, 2.05) is 31.2 Å². The number of rotatable bonds is 6. The predicted octanol–water partition coefficient (Wildman–Crippen LogP) is 2.02. The van der Waals surface area contributed by atoms with Crippen molar-refractivity contribution in [3.63, 3.8) is 0 Å². The smallest absolute Gasteiger partial charge is 0.228 e. The molecule has 23 heavy (non-hydrogen) atoms. The molecule has 3 aromatic rings. The summed E-state index contributed by atoms with van der Waals surface area (Å²) in [7, 11) is 1.59. The van der Waals surface area contributed by atoms with E-state index in [-0.39, 0.29) is 18.4 Å². The molecule has 1 atom stereocenters. The Labute approximate surface area is 136 Å². The van der Waals surface area contributed by atoms with Crippen molar-refractivity contribution in [1.82, 2.24) is 25.2 Å². The fraction of sp³-hybridized carbons (Fsp3) is 0.357. The van der Waals surface area contributed by atoms with E-state index in [1.54, 1.807) is 11.8 Å². The van der Waals surface area contributed by atoms with Crippen molar-refractivity contribution in [2.24, 2.45) is 0 Å². The first-order valence-electron chi connectivity index (χ1n) is 7.08. The molecule has 1 unspecified atom stereocenters. The number of benzene rings is 1. The van der Waals surface area contributed by atoms with Crippen LogP contribution in [0.1, 0.15) is 24.4 Å². The van der Waals surface area contributed by atoms with Crippen molar-refractivity contribution in [3.8, 4) is 0 Å². The summed E-state index contributed by atoms with van der Waals surface area (Å²) >= 11 is 1.30. The lowest BCUT2D eigenvalue weighted by atomic mass is 10.2. The van der Waals surface area contributed by atoms with Crippen molar-refractivity contribution in [1.29, 1.82) is 0 Å². The molecule has 1 N–H and O–H groups in total. The highest BCUT2D eigenvalue weighted by molar-refractivity contribution is 7.15. The summed E-state index contributed by atoms with van der Waals surface area (Å²) in [6.45, 7) is 2.31. The molecule has 1 amide bonds. The summed E-state index contributed by atoms with van der Waals surface area (Å²) in [5, 5.41) is 20.0. The zero-order valence-corrected chi connectivity index (χ0v) is 13.6. The summed E-state index contributed by atoms with van der Waals surface area (Å²) in [5.74, 6) is -0.141. The minimum atomic E-state index is -0.141. The van der Waals surface area contributed by atoms with Crippen molar-refractivity contribution >= 4 is 33.4 Å². The Morgan fingerprint density at radius 2 is 2.17 bits per heavy atom. The molecule has 1 aromatic carbocycles. The molecule has 0 radical (unpaired) electrons. The summed E-state index contributed by atoms with van der Waals surface area (Å²) < 4.78 is 6.73. The van der Waals surface area contributed by atoms with Gasteiger partial charge in [0.2, 0.25) is 11.0 Å². The van der Waals surface area contributed by atoms with E-state index in [2.05, 4.69) is 25.8 Å². The second-order valence-electron chi connectivity index (χ2n) is 5.06. The Hall–Kier alpha value is -2.39. The second kappa shape index (κ2) is 6.80. The molecule has 0 aliphatic carbocycles. The maximum Gasteiger partial charge on any atom is 0.228 e. The fourth-order valence-corrected chi connectivity index (χ4v) is 2.95. The Morgan fingerprint density at radius 3 is 3.00 bits per heavy atom. The number of anilines is 1. The maximum atomic E-state index is 12.2. The monoisotopic (exact) mass is 332 g/mol. The normalized spacial score (nSPS) is 12.4. The molecule has 0 fully saturated rings. The van der Waals surface area contributed by atoms with E-state index >= 15 is 0 Å². The molecule has 0 aliphatic heterocycles. The molecule has 0 aliphatic rings. The third kappa shape index (κ3) is 3.51. The molecule has 2 aromatic heterocycles. The SMILES string of the molecule is COCc1nnc(NC(=O)CC(C)n2nnc3ccccc32)s1. The van der Waals surface area contributed by atoms with Crippen LogP contribution in [0, 0.1) is 0 Å². The molecule has 120 valence electrons. The van der Waals surface area contributed by atoms with E-state index in [0.29, 0.717) is 11.7 Å². The van der Waals surface area contributed by atoms with Crippen LogP contribution in [-0.4, -0.2) is 38.2 Å². The van der Waals surface area contributed by atoms with E-state index < -0.39 is 0 Å². The number of para-hydroxylation sites is 1. The number of hydrogen-bond donors (Lipinski definition) is 1. The van der Waals surface area contributed by atoms with Gasteiger partial charge >= 0.3 is 0 Å². The Kier molecular flexibility index (Phi) is 4.58. The van der Waals surface area contributed by atoms with Crippen molar-refractivity contribution in [2.45, 2.75) is 26.0 Å². The lowest BCUT2D eigenvalue weighted by Crippen LogP contribution is -2.18. The van der Waals surface area contributed by atoms with Crippen LogP contribution in [-0.2, 0) is 16.1 Å². The number of methoxy groups -OCH3 is 1. The van der Waals surface area contributed by atoms with Gasteiger partial charge in [-0.2, -0.15) is 0 Å². The van der Waals surface area contributed by atoms with Crippen LogP contribution in [0.4, 0.5) is 5.13 Å². The molecule has 0 saturated carbocycles. The minimum absolute atomic E-state index is 0.117.